The van der Waals surface area contributed by atoms with E-state index in [9.17, 15) is 20.4 Å². The van der Waals surface area contributed by atoms with Crippen LogP contribution in [0.3, 0.4) is 0 Å². The van der Waals surface area contributed by atoms with Crippen molar-refractivity contribution in [3.05, 3.63) is 12.7 Å². The van der Waals surface area contributed by atoms with Crippen molar-refractivity contribution in [2.24, 2.45) is 0 Å². The Bertz CT molecular complexity index is 218. The van der Waals surface area contributed by atoms with Crippen molar-refractivity contribution >= 4 is 0 Å². The molecule has 14 heavy (non-hydrogen) atoms. The first kappa shape index (κ1) is 11.6. The summed E-state index contributed by atoms with van der Waals surface area (Å²) in [5.41, 5.74) is 0. The average molecular weight is 206 g/mol. The molecule has 0 spiro atoms. The summed E-state index contributed by atoms with van der Waals surface area (Å²) >= 11 is 0. The highest BCUT2D eigenvalue weighted by Crippen LogP contribution is 2.28. The van der Waals surface area contributed by atoms with Gasteiger partial charge in [0.25, 0.3) is 0 Å². The van der Waals surface area contributed by atoms with Crippen molar-refractivity contribution < 1.29 is 30.3 Å². The molecule has 1 saturated heterocycles. The Kier molecular flexibility index (Phi) is 3.25. The fourth-order valence-electron chi connectivity index (χ4n) is 1.35. The van der Waals surface area contributed by atoms with Crippen LogP contribution in [0.15, 0.2) is 12.7 Å². The van der Waals surface area contributed by atoms with Crippen LogP contribution in [0.5, 0.6) is 0 Å². The SMILES string of the molecule is C=CC1(O)OC(CO)[C@@H](O)[C@@H](O)[C@H]1O. The van der Waals surface area contributed by atoms with Gasteiger partial charge < -0.3 is 30.3 Å². The second-order valence-electron chi connectivity index (χ2n) is 3.22. The van der Waals surface area contributed by atoms with Crippen molar-refractivity contribution in [2.45, 2.75) is 30.2 Å². The van der Waals surface area contributed by atoms with Gasteiger partial charge >= 0.3 is 0 Å². The highest BCUT2D eigenvalue weighted by Gasteiger charge is 2.50. The largest absolute Gasteiger partial charge is 0.394 e. The Hall–Kier alpha value is -0.500. The fraction of sp³-hybridized carbons (Fsp3) is 0.750. The number of hydrogen-bond acceptors (Lipinski definition) is 6. The molecule has 1 heterocycles. The van der Waals surface area contributed by atoms with E-state index in [2.05, 4.69) is 6.58 Å². The van der Waals surface area contributed by atoms with E-state index in [1.165, 1.54) is 0 Å². The maximum Gasteiger partial charge on any atom is 0.215 e. The third kappa shape index (κ3) is 1.68. The molecule has 1 fully saturated rings. The van der Waals surface area contributed by atoms with E-state index in [1.54, 1.807) is 0 Å². The summed E-state index contributed by atoms with van der Waals surface area (Å²) < 4.78 is 4.79. The number of aliphatic hydroxyl groups is 5. The quantitative estimate of drug-likeness (QED) is 0.315. The van der Waals surface area contributed by atoms with Gasteiger partial charge in [0.2, 0.25) is 5.79 Å². The van der Waals surface area contributed by atoms with E-state index < -0.39 is 36.8 Å². The molecule has 0 amide bonds. The smallest absolute Gasteiger partial charge is 0.215 e. The Balaban J connectivity index is 2.89. The molecule has 6 heteroatoms. The lowest BCUT2D eigenvalue weighted by molar-refractivity contribution is -0.327. The van der Waals surface area contributed by atoms with Crippen LogP contribution in [0.4, 0.5) is 0 Å². The molecule has 0 aromatic heterocycles. The zero-order valence-electron chi connectivity index (χ0n) is 7.45. The summed E-state index contributed by atoms with van der Waals surface area (Å²) in [5.74, 6) is -2.15. The highest BCUT2D eigenvalue weighted by molar-refractivity contribution is 5.03. The van der Waals surface area contributed by atoms with Gasteiger partial charge in [0, 0.05) is 0 Å². The van der Waals surface area contributed by atoms with E-state index >= 15 is 0 Å². The van der Waals surface area contributed by atoms with Gasteiger partial charge in [-0.25, -0.2) is 0 Å². The molecule has 82 valence electrons. The van der Waals surface area contributed by atoms with E-state index in [0.29, 0.717) is 0 Å². The van der Waals surface area contributed by atoms with Crippen LogP contribution in [0.2, 0.25) is 0 Å². The Morgan fingerprint density at radius 3 is 2.29 bits per heavy atom. The molecule has 0 saturated carbocycles. The third-order valence-corrected chi connectivity index (χ3v) is 2.29. The standard InChI is InChI=1S/C8H14O6/c1-2-8(13)7(12)6(11)5(10)4(3-9)14-8/h2,4-7,9-13H,1,3H2/t4?,5-,6-,7-,8?/m1/s1. The molecule has 6 nitrogen and oxygen atoms in total. The van der Waals surface area contributed by atoms with E-state index in [-0.39, 0.29) is 0 Å². The van der Waals surface area contributed by atoms with Crippen LogP contribution in [-0.2, 0) is 4.74 Å². The number of hydrogen-bond donors (Lipinski definition) is 5. The predicted octanol–water partition coefficient (Wildman–Crippen LogP) is -2.67. The molecule has 5 N–H and O–H groups in total. The first-order valence-corrected chi connectivity index (χ1v) is 4.15. The fourth-order valence-corrected chi connectivity index (χ4v) is 1.35. The highest BCUT2D eigenvalue weighted by atomic mass is 16.7. The van der Waals surface area contributed by atoms with Gasteiger partial charge in [-0.1, -0.05) is 6.58 Å². The number of aliphatic hydroxyl groups excluding tert-OH is 4. The second-order valence-corrected chi connectivity index (χ2v) is 3.22. The Labute approximate surface area is 80.7 Å². The molecule has 0 aromatic rings. The summed E-state index contributed by atoms with van der Waals surface area (Å²) in [6.45, 7) is 2.64. The minimum atomic E-state index is -2.15. The van der Waals surface area contributed by atoms with Gasteiger partial charge in [0.05, 0.1) is 6.61 Å². The van der Waals surface area contributed by atoms with Crippen LogP contribution in [0.1, 0.15) is 0 Å². The molecule has 1 aliphatic rings. The first-order chi connectivity index (χ1) is 6.46. The molecular weight excluding hydrogens is 192 g/mol. The predicted molar refractivity (Wildman–Crippen MR) is 45.1 cm³/mol. The number of ether oxygens (including phenoxy) is 1. The van der Waals surface area contributed by atoms with Gasteiger partial charge in [0.15, 0.2) is 0 Å². The Morgan fingerprint density at radius 1 is 1.29 bits per heavy atom. The van der Waals surface area contributed by atoms with Crippen molar-refractivity contribution in [1.82, 2.24) is 0 Å². The number of rotatable bonds is 2. The van der Waals surface area contributed by atoms with Gasteiger partial charge in [-0.2, -0.15) is 0 Å². The summed E-state index contributed by atoms with van der Waals surface area (Å²) in [7, 11) is 0. The summed E-state index contributed by atoms with van der Waals surface area (Å²) in [6, 6.07) is 0. The molecule has 1 aliphatic heterocycles. The lowest BCUT2D eigenvalue weighted by Crippen LogP contribution is -2.64. The second kappa shape index (κ2) is 3.93. The third-order valence-electron chi connectivity index (χ3n) is 2.29. The van der Waals surface area contributed by atoms with Crippen LogP contribution >= 0.6 is 0 Å². The molecule has 1 rings (SSSR count). The topological polar surface area (TPSA) is 110 Å². The lowest BCUT2D eigenvalue weighted by Gasteiger charge is -2.43. The van der Waals surface area contributed by atoms with Crippen molar-refractivity contribution in [3.63, 3.8) is 0 Å². The van der Waals surface area contributed by atoms with Gasteiger partial charge in [0.1, 0.15) is 24.4 Å². The average Bonchev–Trinajstić information content (AvgIpc) is 2.20. The van der Waals surface area contributed by atoms with Crippen LogP contribution in [0, 0.1) is 0 Å². The summed E-state index contributed by atoms with van der Waals surface area (Å²) in [5, 5.41) is 46.3. The van der Waals surface area contributed by atoms with E-state index in [0.717, 1.165) is 6.08 Å². The molecule has 5 atom stereocenters. The summed E-state index contributed by atoms with van der Waals surface area (Å²) in [6.07, 6.45) is -5.00. The van der Waals surface area contributed by atoms with Crippen LogP contribution in [0.25, 0.3) is 0 Å². The van der Waals surface area contributed by atoms with Crippen LogP contribution in [-0.4, -0.2) is 62.3 Å². The summed E-state index contributed by atoms with van der Waals surface area (Å²) in [4.78, 5) is 0. The van der Waals surface area contributed by atoms with Crippen LogP contribution < -0.4 is 0 Å². The zero-order valence-corrected chi connectivity index (χ0v) is 7.45. The molecule has 0 radical (unpaired) electrons. The van der Waals surface area contributed by atoms with Crippen molar-refractivity contribution in [3.8, 4) is 0 Å². The monoisotopic (exact) mass is 206 g/mol. The minimum Gasteiger partial charge on any atom is -0.394 e. The molecule has 0 aliphatic carbocycles. The Morgan fingerprint density at radius 2 is 1.86 bits per heavy atom. The lowest BCUT2D eigenvalue weighted by atomic mass is 9.93. The van der Waals surface area contributed by atoms with Crippen molar-refractivity contribution in [1.29, 1.82) is 0 Å². The molecular formula is C8H14O6. The maximum absolute atomic E-state index is 9.57. The van der Waals surface area contributed by atoms with Gasteiger partial charge in [-0.15, -0.1) is 0 Å². The molecule has 0 bridgehead atoms. The maximum atomic E-state index is 9.57. The van der Waals surface area contributed by atoms with Gasteiger partial charge in [-0.3, -0.25) is 0 Å². The zero-order chi connectivity index (χ0) is 10.9. The first-order valence-electron chi connectivity index (χ1n) is 4.15. The minimum absolute atomic E-state index is 0.582. The molecule has 0 aromatic carbocycles. The van der Waals surface area contributed by atoms with E-state index in [1.807, 2.05) is 0 Å². The molecule has 2 unspecified atom stereocenters. The normalized spacial score (nSPS) is 48.9. The van der Waals surface area contributed by atoms with E-state index in [4.69, 9.17) is 9.84 Å². The van der Waals surface area contributed by atoms with Gasteiger partial charge in [-0.05, 0) is 6.08 Å². The van der Waals surface area contributed by atoms with Crippen molar-refractivity contribution in [2.75, 3.05) is 6.61 Å².